The molecule has 0 saturated heterocycles. The van der Waals surface area contributed by atoms with Crippen molar-refractivity contribution in [2.75, 3.05) is 19.3 Å². The van der Waals surface area contributed by atoms with Gasteiger partial charge in [-0.15, -0.1) is 0 Å². The van der Waals surface area contributed by atoms with Crippen LogP contribution in [0.1, 0.15) is 23.2 Å². The van der Waals surface area contributed by atoms with Gasteiger partial charge in [0.25, 0.3) is 5.91 Å². The van der Waals surface area contributed by atoms with Crippen LogP contribution in [-0.2, 0) is 4.79 Å². The predicted octanol–water partition coefficient (Wildman–Crippen LogP) is 1.21. The SMILES string of the molecule is CN(CCCC(=O)O)C(=O)c1ccc(N)cc1. The molecule has 0 atom stereocenters. The molecule has 1 amide bonds. The summed E-state index contributed by atoms with van der Waals surface area (Å²) in [5.41, 5.74) is 6.69. The lowest BCUT2D eigenvalue weighted by molar-refractivity contribution is -0.137. The van der Waals surface area contributed by atoms with Crippen LogP contribution in [0, 0.1) is 0 Å². The molecule has 0 aliphatic carbocycles. The normalized spacial score (nSPS) is 9.94. The molecule has 0 radical (unpaired) electrons. The van der Waals surface area contributed by atoms with Crippen LogP contribution in [0.5, 0.6) is 0 Å². The number of carboxylic acid groups (broad SMARTS) is 1. The molecule has 92 valence electrons. The Hall–Kier alpha value is -2.04. The van der Waals surface area contributed by atoms with Gasteiger partial charge >= 0.3 is 5.97 Å². The summed E-state index contributed by atoms with van der Waals surface area (Å²) in [6.45, 7) is 0.426. The first-order valence-electron chi connectivity index (χ1n) is 5.33. The van der Waals surface area contributed by atoms with Gasteiger partial charge in [-0.1, -0.05) is 0 Å². The summed E-state index contributed by atoms with van der Waals surface area (Å²) in [4.78, 5) is 23.7. The summed E-state index contributed by atoms with van der Waals surface area (Å²) >= 11 is 0. The number of carbonyl (C=O) groups excluding carboxylic acids is 1. The van der Waals surface area contributed by atoms with Crippen LogP contribution in [0.15, 0.2) is 24.3 Å². The number of aliphatic carboxylic acids is 1. The third-order valence-corrected chi connectivity index (χ3v) is 2.39. The van der Waals surface area contributed by atoms with Gasteiger partial charge in [0.05, 0.1) is 0 Å². The topological polar surface area (TPSA) is 83.6 Å². The number of hydrogen-bond acceptors (Lipinski definition) is 3. The van der Waals surface area contributed by atoms with Gasteiger partial charge in [0, 0.05) is 31.3 Å². The summed E-state index contributed by atoms with van der Waals surface area (Å²) in [6, 6.07) is 6.65. The Bertz CT molecular complexity index is 401. The van der Waals surface area contributed by atoms with E-state index in [0.29, 0.717) is 24.2 Å². The highest BCUT2D eigenvalue weighted by molar-refractivity contribution is 5.94. The van der Waals surface area contributed by atoms with Gasteiger partial charge in [0.15, 0.2) is 0 Å². The predicted molar refractivity (Wildman–Crippen MR) is 64.7 cm³/mol. The summed E-state index contributed by atoms with van der Waals surface area (Å²) in [6.07, 6.45) is 0.520. The van der Waals surface area contributed by atoms with Crippen LogP contribution in [0.4, 0.5) is 5.69 Å². The van der Waals surface area contributed by atoms with E-state index >= 15 is 0 Å². The molecule has 1 aromatic rings. The second kappa shape index (κ2) is 5.89. The van der Waals surface area contributed by atoms with Crippen molar-refractivity contribution in [3.63, 3.8) is 0 Å². The Morgan fingerprint density at radius 2 is 1.88 bits per heavy atom. The highest BCUT2D eigenvalue weighted by Gasteiger charge is 2.11. The first-order chi connectivity index (χ1) is 8.00. The summed E-state index contributed by atoms with van der Waals surface area (Å²) in [5, 5.41) is 8.50. The maximum atomic E-state index is 11.9. The van der Waals surface area contributed by atoms with Gasteiger partial charge in [-0.2, -0.15) is 0 Å². The van der Waals surface area contributed by atoms with Crippen molar-refractivity contribution in [1.29, 1.82) is 0 Å². The molecule has 5 heteroatoms. The monoisotopic (exact) mass is 236 g/mol. The van der Waals surface area contributed by atoms with Crippen LogP contribution in [-0.4, -0.2) is 35.5 Å². The molecule has 0 saturated carbocycles. The second-order valence-electron chi connectivity index (χ2n) is 3.85. The molecule has 0 aromatic heterocycles. The van der Waals surface area contributed by atoms with Crippen molar-refractivity contribution in [2.24, 2.45) is 0 Å². The van der Waals surface area contributed by atoms with E-state index in [-0.39, 0.29) is 12.3 Å². The number of carbonyl (C=O) groups is 2. The number of nitrogens with two attached hydrogens (primary N) is 1. The van der Waals surface area contributed by atoms with Crippen LogP contribution < -0.4 is 5.73 Å². The highest BCUT2D eigenvalue weighted by Crippen LogP contribution is 2.08. The van der Waals surface area contributed by atoms with E-state index in [0.717, 1.165) is 0 Å². The average Bonchev–Trinajstić information content (AvgIpc) is 2.28. The Morgan fingerprint density at radius 3 is 2.41 bits per heavy atom. The van der Waals surface area contributed by atoms with Crippen LogP contribution in [0.2, 0.25) is 0 Å². The lowest BCUT2D eigenvalue weighted by Crippen LogP contribution is -2.28. The minimum absolute atomic E-state index is 0.0688. The van der Waals surface area contributed by atoms with Crippen molar-refractivity contribution in [1.82, 2.24) is 4.90 Å². The van der Waals surface area contributed by atoms with Crippen molar-refractivity contribution in [3.05, 3.63) is 29.8 Å². The zero-order chi connectivity index (χ0) is 12.8. The molecule has 17 heavy (non-hydrogen) atoms. The van der Waals surface area contributed by atoms with E-state index < -0.39 is 5.97 Å². The maximum absolute atomic E-state index is 11.9. The van der Waals surface area contributed by atoms with Crippen LogP contribution in [0.3, 0.4) is 0 Å². The van der Waals surface area contributed by atoms with E-state index in [9.17, 15) is 9.59 Å². The van der Waals surface area contributed by atoms with Gasteiger partial charge in [0.2, 0.25) is 0 Å². The minimum Gasteiger partial charge on any atom is -0.481 e. The fourth-order valence-electron chi connectivity index (χ4n) is 1.42. The molecule has 1 rings (SSSR count). The van der Waals surface area contributed by atoms with Crippen LogP contribution in [0.25, 0.3) is 0 Å². The number of nitrogen functional groups attached to an aromatic ring is 1. The van der Waals surface area contributed by atoms with E-state index in [1.165, 1.54) is 4.90 Å². The smallest absolute Gasteiger partial charge is 0.303 e. The van der Waals surface area contributed by atoms with E-state index in [2.05, 4.69) is 0 Å². The molecule has 0 spiro atoms. The number of rotatable bonds is 5. The zero-order valence-corrected chi connectivity index (χ0v) is 9.72. The number of benzene rings is 1. The molecule has 0 heterocycles. The van der Waals surface area contributed by atoms with Crippen molar-refractivity contribution >= 4 is 17.6 Å². The lowest BCUT2D eigenvalue weighted by Gasteiger charge is -2.16. The molecule has 5 nitrogen and oxygen atoms in total. The van der Waals surface area contributed by atoms with Crippen molar-refractivity contribution in [2.45, 2.75) is 12.8 Å². The van der Waals surface area contributed by atoms with Gasteiger partial charge in [0.1, 0.15) is 0 Å². The first kappa shape index (κ1) is 13.0. The quantitative estimate of drug-likeness (QED) is 0.752. The van der Waals surface area contributed by atoms with E-state index in [4.69, 9.17) is 10.8 Å². The maximum Gasteiger partial charge on any atom is 0.303 e. The third-order valence-electron chi connectivity index (χ3n) is 2.39. The third kappa shape index (κ3) is 4.14. The van der Waals surface area contributed by atoms with Gasteiger partial charge < -0.3 is 15.7 Å². The molecule has 0 bridgehead atoms. The lowest BCUT2D eigenvalue weighted by atomic mass is 10.2. The van der Waals surface area contributed by atoms with Gasteiger partial charge in [-0.25, -0.2) is 0 Å². The largest absolute Gasteiger partial charge is 0.481 e. The Morgan fingerprint density at radius 1 is 1.29 bits per heavy atom. The van der Waals surface area contributed by atoms with Gasteiger partial charge in [-0.05, 0) is 30.7 Å². The fraction of sp³-hybridized carbons (Fsp3) is 0.333. The summed E-state index contributed by atoms with van der Waals surface area (Å²) in [5.74, 6) is -0.978. The number of hydrogen-bond donors (Lipinski definition) is 2. The Labute approximate surface area is 99.8 Å². The van der Waals surface area contributed by atoms with Crippen molar-refractivity contribution in [3.8, 4) is 0 Å². The Balaban J connectivity index is 2.51. The molecule has 1 aromatic carbocycles. The Kier molecular flexibility index (Phi) is 4.51. The molecule has 0 fully saturated rings. The highest BCUT2D eigenvalue weighted by atomic mass is 16.4. The minimum atomic E-state index is -0.849. The second-order valence-corrected chi connectivity index (χ2v) is 3.85. The summed E-state index contributed by atoms with van der Waals surface area (Å²) < 4.78 is 0. The van der Waals surface area contributed by atoms with Gasteiger partial charge in [-0.3, -0.25) is 9.59 Å². The molecule has 0 unspecified atom stereocenters. The molecule has 3 N–H and O–H groups in total. The first-order valence-corrected chi connectivity index (χ1v) is 5.33. The molecule has 0 aliphatic heterocycles. The van der Waals surface area contributed by atoms with E-state index in [1.54, 1.807) is 31.3 Å². The van der Waals surface area contributed by atoms with Crippen molar-refractivity contribution < 1.29 is 14.7 Å². The van der Waals surface area contributed by atoms with Crippen LogP contribution >= 0.6 is 0 Å². The fourth-order valence-corrected chi connectivity index (χ4v) is 1.42. The molecular weight excluding hydrogens is 220 g/mol. The molecule has 0 aliphatic rings. The number of nitrogens with zero attached hydrogens (tertiary/aromatic N) is 1. The number of amides is 1. The average molecular weight is 236 g/mol. The van der Waals surface area contributed by atoms with E-state index in [1.807, 2.05) is 0 Å². The number of anilines is 1. The summed E-state index contributed by atoms with van der Waals surface area (Å²) in [7, 11) is 1.65. The number of carboxylic acids is 1. The zero-order valence-electron chi connectivity index (χ0n) is 9.72. The standard InChI is InChI=1S/C12H16N2O3/c1-14(8-2-3-11(15)16)12(17)9-4-6-10(13)7-5-9/h4-7H,2-3,8,13H2,1H3,(H,15,16). The molecular formula is C12H16N2O3.